The van der Waals surface area contributed by atoms with Crippen molar-refractivity contribution in [3.05, 3.63) is 36.5 Å². The van der Waals surface area contributed by atoms with Crippen LogP contribution in [0.1, 0.15) is 206 Å². The van der Waals surface area contributed by atoms with Gasteiger partial charge >= 0.3 is 0 Å². The van der Waals surface area contributed by atoms with E-state index >= 15 is 0 Å². The molecule has 0 spiro atoms. The fraction of sp³-hybridized carbons (Fsp3) is 0.833. The maximum atomic E-state index is 12.3. The summed E-state index contributed by atoms with van der Waals surface area (Å²) in [5, 5.41) is 23.1. The second-order valence-corrected chi connectivity index (χ2v) is 13.7. The number of hydrogen-bond acceptors (Lipinski definition) is 3. The average Bonchev–Trinajstić information content (AvgIpc) is 3.06. The van der Waals surface area contributed by atoms with Gasteiger partial charge in [0.15, 0.2) is 0 Å². The molecule has 46 heavy (non-hydrogen) atoms. The molecule has 0 aromatic rings. The Hall–Kier alpha value is -1.39. The highest BCUT2D eigenvalue weighted by Crippen LogP contribution is 2.16. The van der Waals surface area contributed by atoms with Crippen LogP contribution < -0.4 is 5.32 Å². The first-order valence-corrected chi connectivity index (χ1v) is 20.2. The molecule has 0 aromatic heterocycles. The highest BCUT2D eigenvalue weighted by Gasteiger charge is 2.19. The molecule has 0 aliphatic carbocycles. The van der Waals surface area contributed by atoms with Gasteiger partial charge < -0.3 is 15.5 Å². The van der Waals surface area contributed by atoms with E-state index in [4.69, 9.17) is 0 Å². The lowest BCUT2D eigenvalue weighted by Gasteiger charge is -2.22. The van der Waals surface area contributed by atoms with E-state index in [1.807, 2.05) is 0 Å². The third-order valence-electron chi connectivity index (χ3n) is 9.17. The van der Waals surface area contributed by atoms with E-state index in [-0.39, 0.29) is 12.5 Å². The van der Waals surface area contributed by atoms with Crippen LogP contribution in [0.25, 0.3) is 0 Å². The van der Waals surface area contributed by atoms with Crippen LogP contribution >= 0.6 is 0 Å². The zero-order valence-electron chi connectivity index (χ0n) is 30.8. The predicted octanol–water partition coefficient (Wildman–Crippen LogP) is 12.2. The molecule has 0 bridgehead atoms. The number of unbranched alkanes of at least 4 members (excludes halogenated alkanes) is 23. The molecule has 2 atom stereocenters. The van der Waals surface area contributed by atoms with Crippen LogP contribution in [-0.2, 0) is 4.79 Å². The van der Waals surface area contributed by atoms with E-state index < -0.39 is 12.1 Å². The van der Waals surface area contributed by atoms with Crippen molar-refractivity contribution in [1.82, 2.24) is 5.32 Å². The summed E-state index contributed by atoms with van der Waals surface area (Å²) in [6, 6.07) is -0.544. The Kier molecular flexibility index (Phi) is 36.9. The van der Waals surface area contributed by atoms with Crippen molar-refractivity contribution in [1.29, 1.82) is 0 Å². The Morgan fingerprint density at radius 2 is 0.957 bits per heavy atom. The van der Waals surface area contributed by atoms with Gasteiger partial charge in [-0.3, -0.25) is 4.79 Å². The molecular weight excluding hydrogens is 566 g/mol. The maximum absolute atomic E-state index is 12.3. The smallest absolute Gasteiger partial charge is 0.220 e. The van der Waals surface area contributed by atoms with Gasteiger partial charge in [-0.15, -0.1) is 0 Å². The van der Waals surface area contributed by atoms with E-state index in [0.717, 1.165) is 57.8 Å². The van der Waals surface area contributed by atoms with Crippen LogP contribution in [-0.4, -0.2) is 34.9 Å². The Morgan fingerprint density at radius 1 is 0.543 bits per heavy atom. The summed E-state index contributed by atoms with van der Waals surface area (Å²) in [6.07, 6.45) is 49.2. The number of carbonyl (C=O) groups excluding carboxylic acids is 1. The average molecular weight is 646 g/mol. The van der Waals surface area contributed by atoms with E-state index in [1.54, 1.807) is 0 Å². The number of aliphatic hydroxyl groups excluding tert-OH is 2. The lowest BCUT2D eigenvalue weighted by Crippen LogP contribution is -2.45. The number of rotatable bonds is 36. The lowest BCUT2D eigenvalue weighted by molar-refractivity contribution is -0.123. The molecule has 4 nitrogen and oxygen atoms in total. The Bertz CT molecular complexity index is 701. The maximum Gasteiger partial charge on any atom is 0.220 e. The molecule has 3 N–H and O–H groups in total. The first kappa shape index (κ1) is 44.6. The normalized spacial score (nSPS) is 13.4. The fourth-order valence-electron chi connectivity index (χ4n) is 6.08. The molecule has 0 saturated carbocycles. The summed E-state index contributed by atoms with van der Waals surface area (Å²) in [6.45, 7) is 4.24. The van der Waals surface area contributed by atoms with E-state index in [0.29, 0.717) is 12.8 Å². The largest absolute Gasteiger partial charge is 0.394 e. The zero-order chi connectivity index (χ0) is 33.6. The Labute approximate surface area is 287 Å². The fourth-order valence-corrected chi connectivity index (χ4v) is 6.08. The minimum atomic E-state index is -0.666. The number of nitrogens with one attached hydrogen (secondary N) is 1. The molecule has 0 rings (SSSR count). The van der Waals surface area contributed by atoms with Gasteiger partial charge in [-0.25, -0.2) is 0 Å². The van der Waals surface area contributed by atoms with Crippen molar-refractivity contribution in [2.75, 3.05) is 6.61 Å². The highest BCUT2D eigenvalue weighted by atomic mass is 16.3. The first-order chi connectivity index (χ1) is 22.7. The number of carbonyl (C=O) groups is 1. The minimum Gasteiger partial charge on any atom is -0.394 e. The molecule has 0 fully saturated rings. The first-order valence-electron chi connectivity index (χ1n) is 20.2. The third kappa shape index (κ3) is 34.0. The molecule has 0 aliphatic heterocycles. The lowest BCUT2D eigenvalue weighted by atomic mass is 10.0. The van der Waals surface area contributed by atoms with Crippen LogP contribution in [0.5, 0.6) is 0 Å². The molecular formula is C42H79NO3. The molecule has 0 saturated heterocycles. The van der Waals surface area contributed by atoms with Gasteiger partial charge in [-0.2, -0.15) is 0 Å². The third-order valence-corrected chi connectivity index (χ3v) is 9.17. The molecule has 0 radical (unpaired) electrons. The predicted molar refractivity (Wildman–Crippen MR) is 202 cm³/mol. The monoisotopic (exact) mass is 646 g/mol. The van der Waals surface area contributed by atoms with Gasteiger partial charge in [-0.1, -0.05) is 192 Å². The molecule has 0 aliphatic rings. The topological polar surface area (TPSA) is 69.6 Å². The van der Waals surface area contributed by atoms with Crippen molar-refractivity contribution in [2.45, 2.75) is 219 Å². The van der Waals surface area contributed by atoms with Gasteiger partial charge in [0.1, 0.15) is 0 Å². The second-order valence-electron chi connectivity index (χ2n) is 13.7. The van der Waals surface area contributed by atoms with Crippen LogP contribution in [0.3, 0.4) is 0 Å². The van der Waals surface area contributed by atoms with Gasteiger partial charge in [0.25, 0.3) is 0 Å². The van der Waals surface area contributed by atoms with Gasteiger partial charge in [0.2, 0.25) is 5.91 Å². The summed E-state index contributed by atoms with van der Waals surface area (Å²) in [4.78, 5) is 12.3. The van der Waals surface area contributed by atoms with Gasteiger partial charge in [0, 0.05) is 6.42 Å². The van der Waals surface area contributed by atoms with Crippen molar-refractivity contribution in [3.63, 3.8) is 0 Å². The second kappa shape index (κ2) is 38.1. The quantitative estimate of drug-likeness (QED) is 0.0469. The molecule has 4 heteroatoms. The molecule has 0 heterocycles. The van der Waals surface area contributed by atoms with E-state index in [1.165, 1.54) is 122 Å². The molecule has 1 amide bonds. The summed E-state index contributed by atoms with van der Waals surface area (Å²) in [7, 11) is 0. The highest BCUT2D eigenvalue weighted by molar-refractivity contribution is 5.76. The van der Waals surface area contributed by atoms with Gasteiger partial charge in [-0.05, 0) is 44.9 Å². The van der Waals surface area contributed by atoms with Crippen molar-refractivity contribution < 1.29 is 15.0 Å². The van der Waals surface area contributed by atoms with E-state index in [2.05, 4.69) is 55.6 Å². The molecule has 270 valence electrons. The molecule has 0 aromatic carbocycles. The van der Waals surface area contributed by atoms with Crippen molar-refractivity contribution >= 4 is 5.91 Å². The SMILES string of the molecule is CC/C=C\C/C=C\C/C=C\CCCCCCCC(=O)NC(CO)C(O)CCCCCCCCCCCCCCCCCCCCC. The zero-order valence-corrected chi connectivity index (χ0v) is 30.8. The summed E-state index contributed by atoms with van der Waals surface area (Å²) in [5.74, 6) is -0.0487. The minimum absolute atomic E-state index is 0.0487. The van der Waals surface area contributed by atoms with Crippen LogP contribution in [0.2, 0.25) is 0 Å². The van der Waals surface area contributed by atoms with Crippen molar-refractivity contribution in [2.24, 2.45) is 0 Å². The molecule has 2 unspecified atom stereocenters. The standard InChI is InChI=1S/C42H79NO3/c1-3-5-7-9-11-13-15-17-19-20-21-22-24-25-27-29-31-33-35-37-41(45)40(39-44)43-42(46)38-36-34-32-30-28-26-23-18-16-14-12-10-8-6-4-2/h6,8,12,14,18,23,40-41,44-45H,3-5,7,9-11,13,15-17,19-22,24-39H2,1-2H3,(H,43,46)/b8-6-,14-12-,23-18-. The number of amides is 1. The van der Waals surface area contributed by atoms with Crippen LogP contribution in [0, 0.1) is 0 Å². The Balaban J connectivity index is 3.55. The summed E-state index contributed by atoms with van der Waals surface area (Å²) >= 11 is 0. The summed E-state index contributed by atoms with van der Waals surface area (Å²) in [5.41, 5.74) is 0. The number of aliphatic hydroxyl groups is 2. The van der Waals surface area contributed by atoms with Crippen LogP contribution in [0.4, 0.5) is 0 Å². The number of hydrogen-bond donors (Lipinski definition) is 3. The Morgan fingerprint density at radius 3 is 1.43 bits per heavy atom. The van der Waals surface area contributed by atoms with Gasteiger partial charge in [0.05, 0.1) is 18.8 Å². The number of allylic oxidation sites excluding steroid dienone is 6. The van der Waals surface area contributed by atoms with Crippen molar-refractivity contribution in [3.8, 4) is 0 Å². The van der Waals surface area contributed by atoms with Crippen LogP contribution in [0.15, 0.2) is 36.5 Å². The van der Waals surface area contributed by atoms with E-state index in [9.17, 15) is 15.0 Å². The summed E-state index contributed by atoms with van der Waals surface area (Å²) < 4.78 is 0.